The molecule has 0 aliphatic heterocycles. The van der Waals surface area contributed by atoms with Crippen molar-refractivity contribution in [2.24, 2.45) is 0 Å². The van der Waals surface area contributed by atoms with Crippen LogP contribution in [-0.2, 0) is 28.6 Å². The van der Waals surface area contributed by atoms with Gasteiger partial charge in [0.15, 0.2) is 0 Å². The summed E-state index contributed by atoms with van der Waals surface area (Å²) in [6, 6.07) is 27.2. The van der Waals surface area contributed by atoms with Crippen molar-refractivity contribution in [2.75, 3.05) is 40.6 Å². The van der Waals surface area contributed by atoms with Gasteiger partial charge in [0.05, 0.1) is 32.5 Å². The Labute approximate surface area is 316 Å². The van der Waals surface area contributed by atoms with Crippen LogP contribution in [0.5, 0.6) is 11.5 Å². The first-order chi connectivity index (χ1) is 26.3. The number of ether oxygens (including phenoxy) is 5. The van der Waals surface area contributed by atoms with E-state index in [2.05, 4.69) is 13.2 Å². The molecule has 0 saturated carbocycles. The van der Waals surface area contributed by atoms with E-state index >= 15 is 0 Å². The van der Waals surface area contributed by atoms with Gasteiger partial charge in [-0.05, 0) is 103 Å². The summed E-state index contributed by atoms with van der Waals surface area (Å²) in [6.45, 7) is 8.13. The molecule has 0 unspecified atom stereocenters. The van der Waals surface area contributed by atoms with Gasteiger partial charge in [0.25, 0.3) is 0 Å². The van der Waals surface area contributed by atoms with Crippen molar-refractivity contribution in [2.45, 2.75) is 25.7 Å². The van der Waals surface area contributed by atoms with E-state index in [9.17, 15) is 18.8 Å². The summed E-state index contributed by atoms with van der Waals surface area (Å²) in [4.78, 5) is 42.1. The number of rotatable bonds is 19. The first kappa shape index (κ1) is 44.0. The lowest BCUT2D eigenvalue weighted by molar-refractivity contribution is -0.137. The maximum Gasteiger partial charge on any atom is 0.338 e. The van der Waals surface area contributed by atoms with Crippen LogP contribution in [0, 0.1) is 5.82 Å². The van der Waals surface area contributed by atoms with Gasteiger partial charge >= 0.3 is 11.9 Å². The third kappa shape index (κ3) is 16.9. The Morgan fingerprint density at radius 3 is 1.81 bits per heavy atom. The lowest BCUT2D eigenvalue weighted by Gasteiger charge is -2.09. The average Bonchev–Trinajstić information content (AvgIpc) is 3.21. The molecule has 0 amide bonds. The Kier molecular flexibility index (Phi) is 21.7. The molecular weight excluding hydrogens is 691 g/mol. The lowest BCUT2D eigenvalue weighted by atomic mass is 10.0. The van der Waals surface area contributed by atoms with Crippen LogP contribution >= 0.6 is 0 Å². The zero-order valence-corrected chi connectivity index (χ0v) is 30.7. The summed E-state index contributed by atoms with van der Waals surface area (Å²) in [5.74, 6) is 0.484. The molecule has 9 nitrogen and oxygen atoms in total. The number of aldehydes is 2. The van der Waals surface area contributed by atoms with Crippen molar-refractivity contribution in [3.63, 3.8) is 0 Å². The van der Waals surface area contributed by atoms with Gasteiger partial charge in [0.2, 0.25) is 0 Å². The van der Waals surface area contributed by atoms with Crippen LogP contribution in [0.4, 0.5) is 4.39 Å². The third-order valence-corrected chi connectivity index (χ3v) is 7.40. The van der Waals surface area contributed by atoms with E-state index in [1.165, 1.54) is 18.2 Å². The van der Waals surface area contributed by atoms with Gasteiger partial charge in [0.1, 0.15) is 36.5 Å². The van der Waals surface area contributed by atoms with Crippen molar-refractivity contribution >= 4 is 30.6 Å². The Balaban J connectivity index is 0.000000353. The van der Waals surface area contributed by atoms with E-state index in [1.54, 1.807) is 44.6 Å². The summed E-state index contributed by atoms with van der Waals surface area (Å²) < 4.78 is 40.0. The average molecular weight is 739 g/mol. The Bertz CT molecular complexity index is 1760. The van der Waals surface area contributed by atoms with Crippen molar-refractivity contribution in [1.29, 1.82) is 0 Å². The van der Waals surface area contributed by atoms with Crippen molar-refractivity contribution < 1.29 is 47.3 Å². The number of carbonyl (C=O) groups is 4. The lowest BCUT2D eigenvalue weighted by Crippen LogP contribution is -2.09. The Morgan fingerprint density at radius 1 is 0.667 bits per heavy atom. The van der Waals surface area contributed by atoms with Crippen molar-refractivity contribution in [3.8, 4) is 33.8 Å². The Hall–Kier alpha value is -6.13. The quantitative estimate of drug-likeness (QED) is 0.0403. The van der Waals surface area contributed by atoms with Gasteiger partial charge in [-0.25, -0.2) is 14.0 Å². The molecule has 0 aromatic heterocycles. The minimum atomic E-state index is -0.387. The summed E-state index contributed by atoms with van der Waals surface area (Å²) >= 11 is 0. The summed E-state index contributed by atoms with van der Waals surface area (Å²) in [7, 11) is 3.20. The number of carbonyl (C=O) groups excluding carboxylic acids is 4. The SMILES string of the molecule is C=CC(=O)OCCCCCCOc1ccc(-c2ccc(/C=C/C=O)cc2F)cc1.C=CC=O.COCCOC(=O)c1ccc(-c2ccc(OC)cc2)cc1. The highest BCUT2D eigenvalue weighted by Crippen LogP contribution is 2.26. The number of esters is 2. The fourth-order valence-corrected chi connectivity index (χ4v) is 4.61. The molecule has 0 aliphatic carbocycles. The molecule has 0 heterocycles. The molecule has 4 aromatic rings. The normalized spacial score (nSPS) is 10.1. The molecule has 0 bridgehead atoms. The smallest absolute Gasteiger partial charge is 0.338 e. The molecular formula is C44H47FO9. The topological polar surface area (TPSA) is 114 Å². The van der Waals surface area contributed by atoms with E-state index < -0.39 is 0 Å². The number of allylic oxidation sites excluding steroid dienone is 2. The summed E-state index contributed by atoms with van der Waals surface area (Å²) in [5, 5.41) is 0. The van der Waals surface area contributed by atoms with E-state index in [4.69, 9.17) is 28.5 Å². The molecule has 4 aromatic carbocycles. The molecule has 0 spiro atoms. The highest BCUT2D eigenvalue weighted by Gasteiger charge is 2.08. The van der Waals surface area contributed by atoms with Gasteiger partial charge in [-0.1, -0.05) is 67.8 Å². The van der Waals surface area contributed by atoms with Gasteiger partial charge in [-0.2, -0.15) is 0 Å². The zero-order valence-electron chi connectivity index (χ0n) is 30.7. The number of unbranched alkanes of at least 4 members (excludes halogenated alkanes) is 3. The van der Waals surface area contributed by atoms with Crippen LogP contribution in [0.2, 0.25) is 0 Å². The van der Waals surface area contributed by atoms with Crippen molar-refractivity contribution in [1.82, 2.24) is 0 Å². The van der Waals surface area contributed by atoms with Gasteiger partial charge in [-0.3, -0.25) is 9.59 Å². The van der Waals surface area contributed by atoms with Gasteiger partial charge in [-0.15, -0.1) is 0 Å². The molecule has 0 fully saturated rings. The second-order valence-electron chi connectivity index (χ2n) is 11.2. The highest BCUT2D eigenvalue weighted by atomic mass is 19.1. The fraction of sp³-hybridized carbons (Fsp3) is 0.227. The van der Waals surface area contributed by atoms with E-state index in [1.807, 2.05) is 60.7 Å². The van der Waals surface area contributed by atoms with E-state index in [0.29, 0.717) is 49.1 Å². The maximum absolute atomic E-state index is 14.3. The second kappa shape index (κ2) is 26.6. The van der Waals surface area contributed by atoms with Crippen LogP contribution in [0.3, 0.4) is 0 Å². The number of methoxy groups -OCH3 is 2. The van der Waals surface area contributed by atoms with Crippen LogP contribution in [0.25, 0.3) is 28.3 Å². The minimum Gasteiger partial charge on any atom is -0.497 e. The molecule has 10 heteroatoms. The van der Waals surface area contributed by atoms with Crippen molar-refractivity contribution in [3.05, 3.63) is 139 Å². The molecule has 4 rings (SSSR count). The van der Waals surface area contributed by atoms with Crippen LogP contribution in [-0.4, -0.2) is 65.2 Å². The summed E-state index contributed by atoms with van der Waals surface area (Å²) in [6.07, 6.45) is 10.2. The molecule has 0 N–H and O–H groups in total. The van der Waals surface area contributed by atoms with Crippen LogP contribution in [0.1, 0.15) is 41.6 Å². The molecule has 0 radical (unpaired) electrons. The first-order valence-corrected chi connectivity index (χ1v) is 17.2. The van der Waals surface area contributed by atoms with Gasteiger partial charge in [0, 0.05) is 18.7 Å². The highest BCUT2D eigenvalue weighted by molar-refractivity contribution is 5.90. The molecule has 0 saturated heterocycles. The van der Waals surface area contributed by atoms with Crippen LogP contribution < -0.4 is 9.47 Å². The number of benzene rings is 4. The minimum absolute atomic E-state index is 0.259. The second-order valence-corrected chi connectivity index (χ2v) is 11.2. The third-order valence-electron chi connectivity index (χ3n) is 7.40. The van der Waals surface area contributed by atoms with Crippen LogP contribution in [0.15, 0.2) is 122 Å². The molecule has 284 valence electrons. The standard InChI is InChI=1S/C24H25FO4.C17H18O4.C3H4O/c1-2-24(27)29-17-6-4-3-5-16-28-21-12-10-20(11-13-21)22-14-9-19(8-7-15-26)18-23(22)25;1-19-11-12-21-17(18)15-5-3-13(4-6-15)14-7-9-16(20-2)10-8-14;1-2-3-4/h2,7-15,18H,1,3-6,16-17H2;3-10H,11-12H2,1-2H3;2-3H,1H2/b8-7+;;. The monoisotopic (exact) mass is 738 g/mol. The van der Waals surface area contributed by atoms with E-state index in [0.717, 1.165) is 59.9 Å². The molecule has 0 atom stereocenters. The predicted octanol–water partition coefficient (Wildman–Crippen LogP) is 8.91. The first-order valence-electron chi connectivity index (χ1n) is 17.2. The maximum atomic E-state index is 14.3. The van der Waals surface area contributed by atoms with E-state index in [-0.39, 0.29) is 24.4 Å². The number of hydrogen-bond acceptors (Lipinski definition) is 9. The number of hydrogen-bond donors (Lipinski definition) is 0. The zero-order chi connectivity index (χ0) is 39.4. The fourth-order valence-electron chi connectivity index (χ4n) is 4.61. The Morgan fingerprint density at radius 2 is 1.26 bits per heavy atom. The summed E-state index contributed by atoms with van der Waals surface area (Å²) in [5.41, 5.74) is 4.52. The number of halogens is 1. The van der Waals surface area contributed by atoms with Gasteiger partial charge < -0.3 is 23.7 Å². The molecule has 0 aliphatic rings. The molecule has 54 heavy (non-hydrogen) atoms. The largest absolute Gasteiger partial charge is 0.497 e. The predicted molar refractivity (Wildman–Crippen MR) is 209 cm³/mol.